The van der Waals surface area contributed by atoms with Crippen LogP contribution < -0.4 is 19.7 Å². The van der Waals surface area contributed by atoms with Crippen molar-refractivity contribution in [3.05, 3.63) is 18.2 Å². The Hall–Kier alpha value is -1.42. The average molecular weight is 248 g/mol. The molecule has 0 aromatic heterocycles. The summed E-state index contributed by atoms with van der Waals surface area (Å²) in [5, 5.41) is 3.37. The smallest absolute Gasteiger partial charge is 0.185 e. The van der Waals surface area contributed by atoms with Crippen molar-refractivity contribution in [1.29, 1.82) is 0 Å². The first-order valence-electron chi connectivity index (χ1n) is 6.56. The second kappa shape index (κ2) is 4.35. The molecule has 0 bridgehead atoms. The Kier molecular flexibility index (Phi) is 2.82. The molecule has 18 heavy (non-hydrogen) atoms. The summed E-state index contributed by atoms with van der Waals surface area (Å²) in [6, 6.07) is 6.14. The topological polar surface area (TPSA) is 33.7 Å². The summed E-state index contributed by atoms with van der Waals surface area (Å²) in [6.07, 6.45) is 0. The normalized spacial score (nSPS) is 21.8. The van der Waals surface area contributed by atoms with E-state index < -0.39 is 0 Å². The van der Waals surface area contributed by atoms with Gasteiger partial charge >= 0.3 is 0 Å². The molecule has 1 aromatic carbocycles. The lowest BCUT2D eigenvalue weighted by Gasteiger charge is -2.37. The molecule has 0 radical (unpaired) electrons. The second-order valence-corrected chi connectivity index (χ2v) is 5.49. The molecule has 0 amide bonds. The van der Waals surface area contributed by atoms with E-state index >= 15 is 0 Å². The number of ether oxygens (including phenoxy) is 2. The molecule has 4 nitrogen and oxygen atoms in total. The van der Waals surface area contributed by atoms with Crippen molar-refractivity contribution in [2.24, 2.45) is 0 Å². The fourth-order valence-electron chi connectivity index (χ4n) is 2.43. The molecule has 1 saturated heterocycles. The monoisotopic (exact) mass is 248 g/mol. The van der Waals surface area contributed by atoms with Gasteiger partial charge in [0, 0.05) is 26.2 Å². The number of rotatable bonds is 1. The number of nitrogens with zero attached hydrogens (tertiary/aromatic N) is 1. The highest BCUT2D eigenvalue weighted by Crippen LogP contribution is 2.42. The minimum Gasteiger partial charge on any atom is -0.485 e. The predicted octanol–water partition coefficient (Wildman–Crippen LogP) is 1.65. The van der Waals surface area contributed by atoms with Crippen molar-refractivity contribution >= 4 is 5.69 Å². The van der Waals surface area contributed by atoms with Crippen molar-refractivity contribution in [3.8, 4) is 11.5 Å². The maximum Gasteiger partial charge on any atom is 0.185 e. The fourth-order valence-corrected chi connectivity index (χ4v) is 2.43. The van der Waals surface area contributed by atoms with E-state index in [2.05, 4.69) is 30.1 Å². The Morgan fingerprint density at radius 3 is 2.78 bits per heavy atom. The number of hydrogen-bond acceptors (Lipinski definition) is 4. The SMILES string of the molecule is CC1(C)COc2cccc(N3CCNCC3)c2O1. The van der Waals surface area contributed by atoms with Gasteiger partial charge in [0.2, 0.25) is 0 Å². The molecule has 0 saturated carbocycles. The van der Waals surface area contributed by atoms with E-state index in [1.165, 1.54) is 0 Å². The maximum atomic E-state index is 6.12. The van der Waals surface area contributed by atoms with E-state index in [1.807, 2.05) is 12.1 Å². The molecule has 0 aliphatic carbocycles. The minimum atomic E-state index is -0.253. The summed E-state index contributed by atoms with van der Waals surface area (Å²) in [6.45, 7) is 8.79. The highest BCUT2D eigenvalue weighted by Gasteiger charge is 2.31. The molecule has 0 unspecified atom stereocenters. The van der Waals surface area contributed by atoms with Gasteiger partial charge in [0.25, 0.3) is 0 Å². The lowest BCUT2D eigenvalue weighted by atomic mass is 10.1. The van der Waals surface area contributed by atoms with Crippen LogP contribution in [0, 0.1) is 0 Å². The molecule has 3 rings (SSSR count). The van der Waals surface area contributed by atoms with Gasteiger partial charge in [0.05, 0.1) is 5.69 Å². The number of nitrogens with one attached hydrogen (secondary N) is 1. The molecule has 2 aliphatic rings. The summed E-state index contributed by atoms with van der Waals surface area (Å²) in [5.41, 5.74) is 0.902. The van der Waals surface area contributed by atoms with Gasteiger partial charge in [-0.2, -0.15) is 0 Å². The van der Waals surface area contributed by atoms with E-state index in [9.17, 15) is 0 Å². The zero-order chi connectivity index (χ0) is 12.6. The van der Waals surface area contributed by atoms with Crippen molar-refractivity contribution < 1.29 is 9.47 Å². The van der Waals surface area contributed by atoms with E-state index in [4.69, 9.17) is 9.47 Å². The third-order valence-corrected chi connectivity index (χ3v) is 3.37. The predicted molar refractivity (Wildman–Crippen MR) is 71.7 cm³/mol. The molecule has 2 heterocycles. The molecule has 98 valence electrons. The Labute approximate surface area is 108 Å². The molecule has 1 N–H and O–H groups in total. The Balaban J connectivity index is 1.95. The second-order valence-electron chi connectivity index (χ2n) is 5.49. The summed E-state index contributed by atoms with van der Waals surface area (Å²) in [5.74, 6) is 1.76. The number of piperazine rings is 1. The number of benzene rings is 1. The summed E-state index contributed by atoms with van der Waals surface area (Å²) >= 11 is 0. The van der Waals surface area contributed by atoms with Crippen LogP contribution in [0.25, 0.3) is 0 Å². The standard InChI is InChI=1S/C14H20N2O2/c1-14(2)10-17-12-5-3-4-11(13(12)18-14)16-8-6-15-7-9-16/h3-5,15H,6-10H2,1-2H3. The van der Waals surface area contributed by atoms with Gasteiger partial charge in [-0.15, -0.1) is 0 Å². The summed E-state index contributed by atoms with van der Waals surface area (Å²) in [4.78, 5) is 2.36. The summed E-state index contributed by atoms with van der Waals surface area (Å²) in [7, 11) is 0. The molecule has 2 aliphatic heterocycles. The highest BCUT2D eigenvalue weighted by atomic mass is 16.6. The average Bonchev–Trinajstić information content (AvgIpc) is 2.38. The lowest BCUT2D eigenvalue weighted by Crippen LogP contribution is -2.45. The molecular formula is C14H20N2O2. The van der Waals surface area contributed by atoms with Crippen molar-refractivity contribution in [2.45, 2.75) is 19.4 Å². The number of hydrogen-bond donors (Lipinski definition) is 1. The van der Waals surface area contributed by atoms with E-state index in [0.29, 0.717) is 6.61 Å². The van der Waals surface area contributed by atoms with Crippen molar-refractivity contribution in [2.75, 3.05) is 37.7 Å². The maximum absolute atomic E-state index is 6.12. The van der Waals surface area contributed by atoms with Gasteiger partial charge < -0.3 is 19.7 Å². The minimum absolute atomic E-state index is 0.253. The Morgan fingerprint density at radius 1 is 1.22 bits per heavy atom. The number of anilines is 1. The van der Waals surface area contributed by atoms with Gasteiger partial charge in [-0.3, -0.25) is 0 Å². The largest absolute Gasteiger partial charge is 0.485 e. The van der Waals surface area contributed by atoms with Crippen LogP contribution in [0.3, 0.4) is 0 Å². The van der Waals surface area contributed by atoms with Gasteiger partial charge in [-0.05, 0) is 26.0 Å². The Bertz CT molecular complexity index is 439. The first-order chi connectivity index (χ1) is 8.66. The highest BCUT2D eigenvalue weighted by molar-refractivity contribution is 5.65. The van der Waals surface area contributed by atoms with Crippen LogP contribution in [0.1, 0.15) is 13.8 Å². The van der Waals surface area contributed by atoms with Crippen LogP contribution in [-0.4, -0.2) is 38.4 Å². The van der Waals surface area contributed by atoms with Crippen LogP contribution in [-0.2, 0) is 0 Å². The van der Waals surface area contributed by atoms with E-state index in [-0.39, 0.29) is 5.60 Å². The fraction of sp³-hybridized carbons (Fsp3) is 0.571. The third kappa shape index (κ3) is 2.12. The zero-order valence-corrected chi connectivity index (χ0v) is 11.0. The lowest BCUT2D eigenvalue weighted by molar-refractivity contribution is 0.0218. The molecule has 1 aromatic rings. The van der Waals surface area contributed by atoms with Crippen LogP contribution in [0.2, 0.25) is 0 Å². The van der Waals surface area contributed by atoms with Crippen molar-refractivity contribution in [3.63, 3.8) is 0 Å². The molecule has 0 spiro atoms. The first-order valence-corrected chi connectivity index (χ1v) is 6.56. The quantitative estimate of drug-likeness (QED) is 0.819. The first kappa shape index (κ1) is 11.7. The van der Waals surface area contributed by atoms with Crippen LogP contribution >= 0.6 is 0 Å². The van der Waals surface area contributed by atoms with E-state index in [1.54, 1.807) is 0 Å². The van der Waals surface area contributed by atoms with E-state index in [0.717, 1.165) is 43.4 Å². The van der Waals surface area contributed by atoms with Gasteiger partial charge in [-0.25, -0.2) is 0 Å². The van der Waals surface area contributed by atoms with Crippen molar-refractivity contribution in [1.82, 2.24) is 5.32 Å². The van der Waals surface area contributed by atoms with Gasteiger partial charge in [-0.1, -0.05) is 6.07 Å². The van der Waals surface area contributed by atoms with Gasteiger partial charge in [0.1, 0.15) is 12.2 Å². The number of fused-ring (bicyclic) bond motifs is 1. The molecule has 0 atom stereocenters. The van der Waals surface area contributed by atoms with Gasteiger partial charge in [0.15, 0.2) is 11.5 Å². The summed E-state index contributed by atoms with van der Waals surface area (Å²) < 4.78 is 11.9. The number of para-hydroxylation sites is 1. The zero-order valence-electron chi connectivity index (χ0n) is 11.0. The Morgan fingerprint density at radius 2 is 2.00 bits per heavy atom. The molecule has 4 heteroatoms. The molecule has 1 fully saturated rings. The molecular weight excluding hydrogens is 228 g/mol. The third-order valence-electron chi connectivity index (χ3n) is 3.37. The van der Waals surface area contributed by atoms with Crippen LogP contribution in [0.4, 0.5) is 5.69 Å². The van der Waals surface area contributed by atoms with Crippen LogP contribution in [0.15, 0.2) is 18.2 Å². The van der Waals surface area contributed by atoms with Crippen LogP contribution in [0.5, 0.6) is 11.5 Å².